The molecule has 0 aromatic carbocycles. The third kappa shape index (κ3) is 38.5. The van der Waals surface area contributed by atoms with Crippen LogP contribution in [0.1, 0.15) is 187 Å². The molecule has 4 nitrogen and oxygen atoms in total. The van der Waals surface area contributed by atoms with E-state index in [-0.39, 0.29) is 19.2 Å². The molecule has 0 bridgehead atoms. The zero-order valence-electron chi connectivity index (χ0n) is 31.7. The molecule has 0 fully saturated rings. The lowest BCUT2D eigenvalue weighted by atomic mass is 10.0. The van der Waals surface area contributed by atoms with Gasteiger partial charge in [0.25, 0.3) is 0 Å². The summed E-state index contributed by atoms with van der Waals surface area (Å²) in [5.41, 5.74) is 0. The second-order valence-electron chi connectivity index (χ2n) is 13.3. The van der Waals surface area contributed by atoms with E-state index in [1.807, 2.05) is 0 Å². The SMILES string of the molecule is CC/C=C\C/C=C\C/C=C\C/C=C\C/C=C\CCCC(=O)OC(CO)COCCCCCCCCCCCCCCCCCCCCC. The fraction of sp³-hybridized carbons (Fsp3) is 0.750. The summed E-state index contributed by atoms with van der Waals surface area (Å²) in [5, 5.41) is 9.58. The van der Waals surface area contributed by atoms with Crippen molar-refractivity contribution in [2.24, 2.45) is 0 Å². The van der Waals surface area contributed by atoms with Crippen molar-refractivity contribution in [1.29, 1.82) is 0 Å². The van der Waals surface area contributed by atoms with Crippen molar-refractivity contribution < 1.29 is 19.4 Å². The van der Waals surface area contributed by atoms with Gasteiger partial charge >= 0.3 is 5.97 Å². The van der Waals surface area contributed by atoms with E-state index in [0.717, 1.165) is 51.4 Å². The van der Waals surface area contributed by atoms with Crippen LogP contribution in [0.2, 0.25) is 0 Å². The van der Waals surface area contributed by atoms with Crippen molar-refractivity contribution >= 4 is 5.97 Å². The Balaban J connectivity index is 3.51. The number of aliphatic hydroxyl groups is 1. The van der Waals surface area contributed by atoms with Crippen LogP contribution in [-0.4, -0.2) is 37.0 Å². The minimum absolute atomic E-state index is 0.195. The summed E-state index contributed by atoms with van der Waals surface area (Å²) in [7, 11) is 0. The molecular weight excluding hydrogens is 592 g/mol. The lowest BCUT2D eigenvalue weighted by Crippen LogP contribution is -2.27. The van der Waals surface area contributed by atoms with Crippen LogP contribution in [0.15, 0.2) is 60.8 Å². The smallest absolute Gasteiger partial charge is 0.306 e. The van der Waals surface area contributed by atoms with E-state index in [9.17, 15) is 9.90 Å². The van der Waals surface area contributed by atoms with Crippen molar-refractivity contribution in [2.45, 2.75) is 193 Å². The molecule has 0 aromatic heterocycles. The lowest BCUT2D eigenvalue weighted by molar-refractivity contribution is -0.154. The van der Waals surface area contributed by atoms with E-state index in [2.05, 4.69) is 74.6 Å². The summed E-state index contributed by atoms with van der Waals surface area (Å²) < 4.78 is 11.1. The normalized spacial score (nSPS) is 13.0. The zero-order valence-corrected chi connectivity index (χ0v) is 31.7. The molecule has 0 radical (unpaired) electrons. The molecule has 0 spiro atoms. The Bertz CT molecular complexity index is 794. The fourth-order valence-corrected chi connectivity index (χ4v) is 5.60. The van der Waals surface area contributed by atoms with Crippen LogP contribution in [0.3, 0.4) is 0 Å². The molecule has 0 aliphatic rings. The predicted octanol–water partition coefficient (Wildman–Crippen LogP) is 13.3. The van der Waals surface area contributed by atoms with Gasteiger partial charge in [0.2, 0.25) is 0 Å². The number of carbonyl (C=O) groups excluding carboxylic acids is 1. The van der Waals surface area contributed by atoms with Crippen LogP contribution < -0.4 is 0 Å². The van der Waals surface area contributed by atoms with Crippen LogP contribution in [0, 0.1) is 0 Å². The molecule has 0 rings (SSSR count). The van der Waals surface area contributed by atoms with Crippen LogP contribution in [0.4, 0.5) is 0 Å². The minimum Gasteiger partial charge on any atom is -0.457 e. The molecule has 1 N–H and O–H groups in total. The van der Waals surface area contributed by atoms with Gasteiger partial charge in [-0.2, -0.15) is 0 Å². The standard InChI is InChI=1S/C44H78O4/c1-3-5-7-9-11-13-15-17-19-21-22-24-26-28-30-32-34-36-38-40-47-42-43(41-45)48-44(46)39-37-35-33-31-29-27-25-23-20-18-16-14-12-10-8-6-4-2/h6,8,12,14,18,20,25,27,31,33,43,45H,3-5,7,9-11,13,15-17,19,21-24,26,28-30,32,34-42H2,1-2H3/b8-6-,14-12-,20-18-,27-25-,33-31-. The fourth-order valence-electron chi connectivity index (χ4n) is 5.60. The summed E-state index contributed by atoms with van der Waals surface area (Å²) in [4.78, 5) is 12.2. The third-order valence-electron chi connectivity index (χ3n) is 8.61. The van der Waals surface area contributed by atoms with E-state index in [0.29, 0.717) is 13.0 Å². The second-order valence-corrected chi connectivity index (χ2v) is 13.3. The van der Waals surface area contributed by atoms with Gasteiger partial charge in [-0.1, -0.05) is 190 Å². The number of esters is 1. The number of aliphatic hydroxyl groups excluding tert-OH is 1. The molecule has 1 atom stereocenters. The quantitative estimate of drug-likeness (QED) is 0.0406. The van der Waals surface area contributed by atoms with Gasteiger partial charge in [0, 0.05) is 13.0 Å². The molecule has 0 heterocycles. The highest BCUT2D eigenvalue weighted by molar-refractivity contribution is 5.69. The number of hydrogen-bond acceptors (Lipinski definition) is 4. The van der Waals surface area contributed by atoms with Gasteiger partial charge in [0.15, 0.2) is 0 Å². The van der Waals surface area contributed by atoms with Crippen molar-refractivity contribution in [1.82, 2.24) is 0 Å². The molecule has 48 heavy (non-hydrogen) atoms. The molecule has 278 valence electrons. The summed E-state index contributed by atoms with van der Waals surface area (Å²) >= 11 is 0. The van der Waals surface area contributed by atoms with E-state index in [1.54, 1.807) is 0 Å². The average Bonchev–Trinajstić information content (AvgIpc) is 3.09. The van der Waals surface area contributed by atoms with Gasteiger partial charge in [0.05, 0.1) is 13.2 Å². The first kappa shape index (κ1) is 46.1. The second kappa shape index (κ2) is 41.3. The number of hydrogen-bond donors (Lipinski definition) is 1. The van der Waals surface area contributed by atoms with Crippen LogP contribution in [0.5, 0.6) is 0 Å². The Morgan fingerprint density at radius 3 is 1.33 bits per heavy atom. The first-order valence-corrected chi connectivity index (χ1v) is 20.4. The van der Waals surface area contributed by atoms with Gasteiger partial charge in [-0.15, -0.1) is 0 Å². The monoisotopic (exact) mass is 671 g/mol. The third-order valence-corrected chi connectivity index (χ3v) is 8.61. The number of ether oxygens (including phenoxy) is 2. The molecular formula is C44H78O4. The minimum atomic E-state index is -0.563. The Morgan fingerprint density at radius 2 is 0.917 bits per heavy atom. The van der Waals surface area contributed by atoms with Gasteiger partial charge in [0.1, 0.15) is 6.10 Å². The van der Waals surface area contributed by atoms with Crippen LogP contribution in [-0.2, 0) is 14.3 Å². The molecule has 0 saturated heterocycles. The number of carbonyl (C=O) groups is 1. The molecule has 0 saturated carbocycles. The first-order chi connectivity index (χ1) is 23.7. The average molecular weight is 671 g/mol. The summed E-state index contributed by atoms with van der Waals surface area (Å²) in [6.45, 7) is 5.18. The van der Waals surface area contributed by atoms with Crippen LogP contribution in [0.25, 0.3) is 0 Å². The van der Waals surface area contributed by atoms with Crippen LogP contribution >= 0.6 is 0 Å². The van der Waals surface area contributed by atoms with Gasteiger partial charge < -0.3 is 14.6 Å². The number of unbranched alkanes of at least 4 members (excludes halogenated alkanes) is 19. The number of allylic oxidation sites excluding steroid dienone is 10. The van der Waals surface area contributed by atoms with E-state index >= 15 is 0 Å². The van der Waals surface area contributed by atoms with Crippen molar-refractivity contribution in [2.75, 3.05) is 19.8 Å². The van der Waals surface area contributed by atoms with E-state index in [1.165, 1.54) is 116 Å². The maximum absolute atomic E-state index is 12.2. The maximum Gasteiger partial charge on any atom is 0.306 e. The maximum atomic E-state index is 12.2. The summed E-state index contributed by atoms with van der Waals surface area (Å²) in [5.74, 6) is -0.256. The molecule has 4 heteroatoms. The van der Waals surface area contributed by atoms with E-state index in [4.69, 9.17) is 9.47 Å². The Hall–Kier alpha value is -1.91. The Morgan fingerprint density at radius 1 is 0.521 bits per heavy atom. The molecule has 0 aliphatic carbocycles. The highest BCUT2D eigenvalue weighted by atomic mass is 16.6. The molecule has 0 aromatic rings. The molecule has 1 unspecified atom stereocenters. The topological polar surface area (TPSA) is 55.8 Å². The van der Waals surface area contributed by atoms with Crippen molar-refractivity contribution in [3.8, 4) is 0 Å². The molecule has 0 amide bonds. The van der Waals surface area contributed by atoms with Crippen molar-refractivity contribution in [3.05, 3.63) is 60.8 Å². The highest BCUT2D eigenvalue weighted by Gasteiger charge is 2.13. The Kier molecular flexibility index (Phi) is 39.6. The molecule has 0 aliphatic heterocycles. The number of rotatable bonds is 37. The van der Waals surface area contributed by atoms with Gasteiger partial charge in [-0.05, 0) is 51.4 Å². The summed E-state index contributed by atoms with van der Waals surface area (Å²) in [6, 6.07) is 0. The predicted molar refractivity (Wildman–Crippen MR) is 209 cm³/mol. The highest BCUT2D eigenvalue weighted by Crippen LogP contribution is 2.15. The summed E-state index contributed by atoms with van der Waals surface area (Å²) in [6.07, 6.45) is 54.2. The lowest BCUT2D eigenvalue weighted by Gasteiger charge is -2.15. The van der Waals surface area contributed by atoms with E-state index < -0.39 is 6.10 Å². The Labute approximate surface area is 298 Å². The van der Waals surface area contributed by atoms with Gasteiger partial charge in [-0.25, -0.2) is 0 Å². The van der Waals surface area contributed by atoms with Crippen molar-refractivity contribution in [3.63, 3.8) is 0 Å². The first-order valence-electron chi connectivity index (χ1n) is 20.4. The van der Waals surface area contributed by atoms with Gasteiger partial charge in [-0.3, -0.25) is 4.79 Å². The largest absolute Gasteiger partial charge is 0.457 e. The zero-order chi connectivity index (χ0) is 34.9.